The molecule has 0 saturated heterocycles. The largest absolute Gasteiger partial charge is 0.354 e. The van der Waals surface area contributed by atoms with Crippen LogP contribution in [-0.2, 0) is 4.79 Å². The van der Waals surface area contributed by atoms with E-state index in [1.165, 1.54) is 17.8 Å². The van der Waals surface area contributed by atoms with E-state index in [-0.39, 0.29) is 42.3 Å². The van der Waals surface area contributed by atoms with Crippen molar-refractivity contribution in [3.8, 4) is 0 Å². The summed E-state index contributed by atoms with van der Waals surface area (Å²) in [6.07, 6.45) is 1.63. The first-order chi connectivity index (χ1) is 12.4. The minimum atomic E-state index is -0.419. The molecule has 140 valence electrons. The smallest absolute Gasteiger partial charge is 0.251 e. The van der Waals surface area contributed by atoms with Gasteiger partial charge in [0.25, 0.3) is 5.91 Å². The van der Waals surface area contributed by atoms with Gasteiger partial charge in [0.15, 0.2) is 5.16 Å². The van der Waals surface area contributed by atoms with Gasteiger partial charge in [-0.05, 0) is 38.5 Å². The second kappa shape index (κ2) is 9.33. The summed E-state index contributed by atoms with van der Waals surface area (Å²) < 4.78 is 15.4. The molecule has 0 bridgehead atoms. The molecule has 0 saturated carbocycles. The van der Waals surface area contributed by atoms with Gasteiger partial charge in [0.1, 0.15) is 12.1 Å². The molecule has 26 heavy (non-hydrogen) atoms. The highest BCUT2D eigenvalue weighted by molar-refractivity contribution is 7.99. The monoisotopic (exact) mass is 379 g/mol. The van der Waals surface area contributed by atoms with Crippen LogP contribution in [0, 0.1) is 12.7 Å². The summed E-state index contributed by atoms with van der Waals surface area (Å²) in [6, 6.07) is 4.54. The molecule has 0 aliphatic rings. The Morgan fingerprint density at radius 3 is 2.69 bits per heavy atom. The molecule has 2 N–H and O–H groups in total. The van der Waals surface area contributed by atoms with Gasteiger partial charge in [0, 0.05) is 24.7 Å². The number of carbonyl (C=O) groups excluding carboxylic acids is 2. The van der Waals surface area contributed by atoms with Crippen molar-refractivity contribution < 1.29 is 14.0 Å². The highest BCUT2D eigenvalue weighted by atomic mass is 32.2. The fourth-order valence-corrected chi connectivity index (χ4v) is 2.96. The SMILES string of the molecule is Cc1ccc(C(=O)NCCNC(=O)CSc2nncn2C(C)C)cc1F. The molecule has 0 fully saturated rings. The molecule has 0 radical (unpaired) electrons. The van der Waals surface area contributed by atoms with E-state index in [1.807, 2.05) is 18.4 Å². The number of carbonyl (C=O) groups is 2. The summed E-state index contributed by atoms with van der Waals surface area (Å²) >= 11 is 1.30. The summed E-state index contributed by atoms with van der Waals surface area (Å²) in [6.45, 7) is 6.20. The van der Waals surface area contributed by atoms with Gasteiger partial charge in [-0.25, -0.2) is 4.39 Å². The third-order valence-electron chi connectivity index (χ3n) is 3.60. The van der Waals surface area contributed by atoms with E-state index in [2.05, 4.69) is 20.8 Å². The van der Waals surface area contributed by atoms with Gasteiger partial charge in [-0.2, -0.15) is 0 Å². The van der Waals surface area contributed by atoms with Crippen LogP contribution in [-0.4, -0.2) is 45.4 Å². The number of rotatable bonds is 8. The first-order valence-corrected chi connectivity index (χ1v) is 9.20. The minimum absolute atomic E-state index is 0.163. The lowest BCUT2D eigenvalue weighted by Crippen LogP contribution is -2.35. The number of hydrogen-bond acceptors (Lipinski definition) is 5. The highest BCUT2D eigenvalue weighted by Gasteiger charge is 2.11. The van der Waals surface area contributed by atoms with E-state index in [9.17, 15) is 14.0 Å². The van der Waals surface area contributed by atoms with Crippen LogP contribution in [0.5, 0.6) is 0 Å². The van der Waals surface area contributed by atoms with Gasteiger partial charge in [0.2, 0.25) is 5.91 Å². The third kappa shape index (κ3) is 5.55. The zero-order chi connectivity index (χ0) is 19.1. The molecule has 0 aliphatic heterocycles. The summed E-state index contributed by atoms with van der Waals surface area (Å²) in [7, 11) is 0. The Balaban J connectivity index is 1.69. The van der Waals surface area contributed by atoms with Crippen molar-refractivity contribution >= 4 is 23.6 Å². The van der Waals surface area contributed by atoms with Gasteiger partial charge >= 0.3 is 0 Å². The number of halogens is 1. The van der Waals surface area contributed by atoms with Crippen molar-refractivity contribution in [3.05, 3.63) is 41.5 Å². The fourth-order valence-electron chi connectivity index (χ4n) is 2.08. The van der Waals surface area contributed by atoms with E-state index >= 15 is 0 Å². The van der Waals surface area contributed by atoms with Gasteiger partial charge in [-0.15, -0.1) is 10.2 Å². The van der Waals surface area contributed by atoms with Crippen LogP contribution in [0.2, 0.25) is 0 Å². The molecule has 0 atom stereocenters. The lowest BCUT2D eigenvalue weighted by Gasteiger charge is -2.10. The third-order valence-corrected chi connectivity index (χ3v) is 4.55. The normalized spacial score (nSPS) is 10.8. The molecule has 1 aromatic heterocycles. The molecule has 0 aliphatic carbocycles. The number of nitrogens with zero attached hydrogens (tertiary/aromatic N) is 3. The van der Waals surface area contributed by atoms with E-state index in [0.717, 1.165) is 0 Å². The maximum Gasteiger partial charge on any atom is 0.251 e. The molecule has 1 aromatic carbocycles. The summed E-state index contributed by atoms with van der Waals surface area (Å²) in [5.41, 5.74) is 0.739. The van der Waals surface area contributed by atoms with Gasteiger partial charge in [0.05, 0.1) is 5.75 Å². The van der Waals surface area contributed by atoms with Crippen molar-refractivity contribution in [2.75, 3.05) is 18.8 Å². The number of nitrogens with one attached hydrogen (secondary N) is 2. The quantitative estimate of drug-likeness (QED) is 0.541. The van der Waals surface area contributed by atoms with Crippen LogP contribution in [0.1, 0.15) is 35.8 Å². The van der Waals surface area contributed by atoms with Gasteiger partial charge in [-0.1, -0.05) is 17.8 Å². The maximum atomic E-state index is 13.5. The average molecular weight is 379 g/mol. The Labute approximate surface area is 155 Å². The van der Waals surface area contributed by atoms with Crippen molar-refractivity contribution in [3.63, 3.8) is 0 Å². The van der Waals surface area contributed by atoms with Crippen LogP contribution < -0.4 is 10.6 Å². The second-order valence-electron chi connectivity index (χ2n) is 5.97. The van der Waals surface area contributed by atoms with Crippen molar-refractivity contribution in [1.29, 1.82) is 0 Å². The summed E-state index contributed by atoms with van der Waals surface area (Å²) in [4.78, 5) is 23.8. The Hall–Kier alpha value is -2.42. The van der Waals surface area contributed by atoms with Crippen LogP contribution in [0.15, 0.2) is 29.7 Å². The Morgan fingerprint density at radius 1 is 1.27 bits per heavy atom. The van der Waals surface area contributed by atoms with E-state index < -0.39 is 5.82 Å². The van der Waals surface area contributed by atoms with Crippen LogP contribution in [0.4, 0.5) is 4.39 Å². The Bertz CT molecular complexity index is 778. The Kier molecular flexibility index (Phi) is 7.14. The standard InChI is InChI=1S/C17H22FN5O2S/c1-11(2)23-10-21-22-17(23)26-9-15(24)19-6-7-20-16(25)13-5-4-12(3)14(18)8-13/h4-5,8,10-11H,6-7,9H2,1-3H3,(H,19,24)(H,20,25). The van der Waals surface area contributed by atoms with E-state index in [1.54, 1.807) is 25.4 Å². The molecule has 7 nitrogen and oxygen atoms in total. The van der Waals surface area contributed by atoms with Gasteiger partial charge in [-0.3, -0.25) is 9.59 Å². The van der Waals surface area contributed by atoms with E-state index in [0.29, 0.717) is 10.7 Å². The molecule has 2 rings (SSSR count). The lowest BCUT2D eigenvalue weighted by atomic mass is 10.1. The number of benzene rings is 1. The molecule has 0 spiro atoms. The number of aryl methyl sites for hydroxylation is 1. The lowest BCUT2D eigenvalue weighted by molar-refractivity contribution is -0.118. The first kappa shape index (κ1) is 19.9. The van der Waals surface area contributed by atoms with Gasteiger partial charge < -0.3 is 15.2 Å². The molecule has 9 heteroatoms. The molecule has 2 amide bonds. The second-order valence-corrected chi connectivity index (χ2v) is 6.92. The zero-order valence-corrected chi connectivity index (χ0v) is 15.8. The summed E-state index contributed by atoms with van der Waals surface area (Å²) in [5, 5.41) is 13.9. The molecular weight excluding hydrogens is 357 g/mol. The molecule has 0 unspecified atom stereocenters. The highest BCUT2D eigenvalue weighted by Crippen LogP contribution is 2.18. The zero-order valence-electron chi connectivity index (χ0n) is 15.0. The topological polar surface area (TPSA) is 88.9 Å². The van der Waals surface area contributed by atoms with E-state index in [4.69, 9.17) is 0 Å². The van der Waals surface area contributed by atoms with Crippen molar-refractivity contribution in [1.82, 2.24) is 25.4 Å². The number of thioether (sulfide) groups is 1. The predicted octanol–water partition coefficient (Wildman–Crippen LogP) is 1.94. The predicted molar refractivity (Wildman–Crippen MR) is 97.6 cm³/mol. The van der Waals surface area contributed by atoms with Crippen LogP contribution in [0.25, 0.3) is 0 Å². The summed E-state index contributed by atoms with van der Waals surface area (Å²) in [5.74, 6) is -0.749. The van der Waals surface area contributed by atoms with Crippen LogP contribution in [0.3, 0.4) is 0 Å². The first-order valence-electron chi connectivity index (χ1n) is 8.22. The fraction of sp³-hybridized carbons (Fsp3) is 0.412. The number of aromatic nitrogens is 3. The maximum absolute atomic E-state index is 13.5. The molecule has 2 aromatic rings. The molecular formula is C17H22FN5O2S. The van der Waals surface area contributed by atoms with Crippen LogP contribution >= 0.6 is 11.8 Å². The minimum Gasteiger partial charge on any atom is -0.354 e. The number of hydrogen-bond donors (Lipinski definition) is 2. The Morgan fingerprint density at radius 2 is 2.00 bits per heavy atom. The average Bonchev–Trinajstić information content (AvgIpc) is 3.08. The number of amides is 2. The molecule has 1 heterocycles. The van der Waals surface area contributed by atoms with Crippen molar-refractivity contribution in [2.24, 2.45) is 0 Å². The van der Waals surface area contributed by atoms with Crippen molar-refractivity contribution in [2.45, 2.75) is 32.0 Å².